The summed E-state index contributed by atoms with van der Waals surface area (Å²) in [5, 5.41) is 0. The van der Waals surface area contributed by atoms with Crippen LogP contribution >= 0.6 is 0 Å². The zero-order valence-electron chi connectivity index (χ0n) is 13.2. The van der Waals surface area contributed by atoms with Crippen LogP contribution in [0.5, 0.6) is 0 Å². The summed E-state index contributed by atoms with van der Waals surface area (Å²) in [6, 6.07) is 4.17. The number of halogens is 1. The molecule has 0 spiro atoms. The largest absolute Gasteiger partial charge is 0.399 e. The van der Waals surface area contributed by atoms with Crippen molar-refractivity contribution in [3.05, 3.63) is 29.6 Å². The summed E-state index contributed by atoms with van der Waals surface area (Å²) in [6.07, 6.45) is 6.28. The van der Waals surface area contributed by atoms with Gasteiger partial charge in [0, 0.05) is 18.8 Å². The molecule has 0 fully saturated rings. The number of benzene rings is 1. The van der Waals surface area contributed by atoms with Gasteiger partial charge < -0.3 is 10.6 Å². The zero-order chi connectivity index (χ0) is 15.7. The van der Waals surface area contributed by atoms with E-state index in [9.17, 15) is 9.18 Å². The second-order valence-corrected chi connectivity index (χ2v) is 5.45. The smallest absolute Gasteiger partial charge is 0.256 e. The van der Waals surface area contributed by atoms with E-state index in [4.69, 9.17) is 5.73 Å². The van der Waals surface area contributed by atoms with Crippen molar-refractivity contribution >= 4 is 11.6 Å². The molecule has 0 saturated carbocycles. The molecule has 0 aliphatic heterocycles. The Morgan fingerprint density at radius 2 is 1.67 bits per heavy atom. The van der Waals surface area contributed by atoms with Gasteiger partial charge in [0.1, 0.15) is 5.82 Å². The van der Waals surface area contributed by atoms with Crippen molar-refractivity contribution in [2.75, 3.05) is 18.8 Å². The van der Waals surface area contributed by atoms with Crippen molar-refractivity contribution in [1.82, 2.24) is 4.90 Å². The minimum Gasteiger partial charge on any atom is -0.399 e. The third-order valence-corrected chi connectivity index (χ3v) is 3.57. The molecular formula is C17H27FN2O. The summed E-state index contributed by atoms with van der Waals surface area (Å²) >= 11 is 0. The summed E-state index contributed by atoms with van der Waals surface area (Å²) in [6.45, 7) is 5.62. The number of rotatable bonds is 9. The standard InChI is InChI=1S/C17H27FN2O/c1-3-5-7-11-20(12-8-6-4-2)17(21)15-13-14(19)9-10-16(15)18/h9-10,13H,3-8,11-12,19H2,1-2H3. The number of hydrogen-bond donors (Lipinski definition) is 1. The molecule has 0 unspecified atom stereocenters. The van der Waals surface area contributed by atoms with Crippen LogP contribution in [0, 0.1) is 5.82 Å². The van der Waals surface area contributed by atoms with Gasteiger partial charge in [0.2, 0.25) is 0 Å². The third-order valence-electron chi connectivity index (χ3n) is 3.57. The molecular weight excluding hydrogens is 267 g/mol. The van der Waals surface area contributed by atoms with Crippen molar-refractivity contribution < 1.29 is 9.18 Å². The second kappa shape index (κ2) is 9.37. The molecule has 4 heteroatoms. The predicted octanol–water partition coefficient (Wildman–Crippen LogP) is 4.23. The first-order chi connectivity index (χ1) is 10.1. The molecule has 0 atom stereocenters. The highest BCUT2D eigenvalue weighted by atomic mass is 19.1. The van der Waals surface area contributed by atoms with Gasteiger partial charge in [0.25, 0.3) is 5.91 Å². The summed E-state index contributed by atoms with van der Waals surface area (Å²) in [5.74, 6) is -0.739. The van der Waals surface area contributed by atoms with Gasteiger partial charge in [-0.2, -0.15) is 0 Å². The van der Waals surface area contributed by atoms with E-state index in [2.05, 4.69) is 13.8 Å². The first-order valence-corrected chi connectivity index (χ1v) is 7.94. The van der Waals surface area contributed by atoms with Crippen molar-refractivity contribution in [1.29, 1.82) is 0 Å². The molecule has 118 valence electrons. The van der Waals surface area contributed by atoms with Gasteiger partial charge in [-0.3, -0.25) is 4.79 Å². The van der Waals surface area contributed by atoms with Crippen LogP contribution in [0.4, 0.5) is 10.1 Å². The number of carbonyl (C=O) groups is 1. The lowest BCUT2D eigenvalue weighted by Crippen LogP contribution is -2.33. The van der Waals surface area contributed by atoms with Crippen LogP contribution in [0.25, 0.3) is 0 Å². The molecule has 0 aliphatic rings. The van der Waals surface area contributed by atoms with Gasteiger partial charge in [0.05, 0.1) is 5.56 Å². The quantitative estimate of drug-likeness (QED) is 0.547. The first kappa shape index (κ1) is 17.5. The van der Waals surface area contributed by atoms with E-state index in [0.717, 1.165) is 38.5 Å². The van der Waals surface area contributed by atoms with E-state index in [1.54, 1.807) is 4.90 Å². The van der Waals surface area contributed by atoms with Crippen LogP contribution in [0.1, 0.15) is 62.7 Å². The maximum atomic E-state index is 13.9. The molecule has 0 saturated heterocycles. The molecule has 1 aromatic rings. The molecule has 1 rings (SSSR count). The normalized spacial score (nSPS) is 10.6. The Labute approximate surface area is 127 Å². The number of anilines is 1. The topological polar surface area (TPSA) is 46.3 Å². The highest BCUT2D eigenvalue weighted by molar-refractivity contribution is 5.95. The van der Waals surface area contributed by atoms with E-state index in [-0.39, 0.29) is 11.5 Å². The lowest BCUT2D eigenvalue weighted by atomic mass is 10.1. The van der Waals surface area contributed by atoms with Gasteiger partial charge in [-0.05, 0) is 31.0 Å². The summed E-state index contributed by atoms with van der Waals surface area (Å²) < 4.78 is 13.9. The van der Waals surface area contributed by atoms with Crippen LogP contribution in [-0.4, -0.2) is 23.9 Å². The fourth-order valence-corrected chi connectivity index (χ4v) is 2.30. The van der Waals surface area contributed by atoms with E-state index in [1.165, 1.54) is 18.2 Å². The van der Waals surface area contributed by atoms with Gasteiger partial charge in [-0.25, -0.2) is 4.39 Å². The zero-order valence-corrected chi connectivity index (χ0v) is 13.2. The van der Waals surface area contributed by atoms with Crippen LogP contribution in [0.3, 0.4) is 0 Å². The van der Waals surface area contributed by atoms with Crippen LogP contribution < -0.4 is 5.73 Å². The average molecular weight is 294 g/mol. The van der Waals surface area contributed by atoms with Gasteiger partial charge in [-0.1, -0.05) is 39.5 Å². The Kier molecular flexibility index (Phi) is 7.80. The number of amides is 1. The predicted molar refractivity (Wildman–Crippen MR) is 85.8 cm³/mol. The molecule has 0 heterocycles. The van der Waals surface area contributed by atoms with E-state index >= 15 is 0 Å². The lowest BCUT2D eigenvalue weighted by molar-refractivity contribution is 0.0745. The Hall–Kier alpha value is -1.58. The molecule has 1 aromatic carbocycles. The summed E-state index contributed by atoms with van der Waals surface area (Å²) in [5.41, 5.74) is 6.18. The molecule has 3 nitrogen and oxygen atoms in total. The Morgan fingerprint density at radius 3 is 2.19 bits per heavy atom. The average Bonchev–Trinajstić information content (AvgIpc) is 2.48. The van der Waals surface area contributed by atoms with E-state index < -0.39 is 5.82 Å². The fraction of sp³-hybridized carbons (Fsp3) is 0.588. The molecule has 1 amide bonds. The minimum atomic E-state index is -0.495. The van der Waals surface area contributed by atoms with Gasteiger partial charge >= 0.3 is 0 Å². The third kappa shape index (κ3) is 5.74. The summed E-state index contributed by atoms with van der Waals surface area (Å²) in [4.78, 5) is 14.3. The monoisotopic (exact) mass is 294 g/mol. The van der Waals surface area contributed by atoms with Gasteiger partial charge in [-0.15, -0.1) is 0 Å². The number of nitrogens with two attached hydrogens (primary N) is 1. The van der Waals surface area contributed by atoms with Crippen molar-refractivity contribution in [3.8, 4) is 0 Å². The lowest BCUT2D eigenvalue weighted by Gasteiger charge is -2.23. The Balaban J connectivity index is 2.79. The Bertz CT molecular complexity index is 438. The minimum absolute atomic E-state index is 0.0861. The SMILES string of the molecule is CCCCCN(CCCCC)C(=O)c1cc(N)ccc1F. The molecule has 0 aliphatic carbocycles. The van der Waals surface area contributed by atoms with E-state index in [0.29, 0.717) is 18.8 Å². The molecule has 21 heavy (non-hydrogen) atoms. The highest BCUT2D eigenvalue weighted by Crippen LogP contribution is 2.16. The van der Waals surface area contributed by atoms with E-state index in [1.807, 2.05) is 0 Å². The maximum absolute atomic E-state index is 13.9. The highest BCUT2D eigenvalue weighted by Gasteiger charge is 2.18. The van der Waals surface area contributed by atoms with Crippen molar-refractivity contribution in [3.63, 3.8) is 0 Å². The number of carbonyl (C=O) groups excluding carboxylic acids is 1. The maximum Gasteiger partial charge on any atom is 0.256 e. The molecule has 0 aromatic heterocycles. The Morgan fingerprint density at radius 1 is 1.10 bits per heavy atom. The second-order valence-electron chi connectivity index (χ2n) is 5.45. The molecule has 0 bridgehead atoms. The van der Waals surface area contributed by atoms with Crippen LogP contribution in [-0.2, 0) is 0 Å². The number of unbranched alkanes of at least 4 members (excludes halogenated alkanes) is 4. The number of nitrogen functional groups attached to an aromatic ring is 1. The molecule has 2 N–H and O–H groups in total. The number of hydrogen-bond acceptors (Lipinski definition) is 2. The van der Waals surface area contributed by atoms with Gasteiger partial charge in [0.15, 0.2) is 0 Å². The fourth-order valence-electron chi connectivity index (χ4n) is 2.30. The molecule has 0 radical (unpaired) electrons. The van der Waals surface area contributed by atoms with Crippen molar-refractivity contribution in [2.24, 2.45) is 0 Å². The first-order valence-electron chi connectivity index (χ1n) is 7.94. The van der Waals surface area contributed by atoms with Crippen LogP contribution in [0.15, 0.2) is 18.2 Å². The van der Waals surface area contributed by atoms with Crippen molar-refractivity contribution in [2.45, 2.75) is 52.4 Å². The van der Waals surface area contributed by atoms with Crippen LogP contribution in [0.2, 0.25) is 0 Å². The summed E-state index contributed by atoms with van der Waals surface area (Å²) in [7, 11) is 0. The number of nitrogens with zero attached hydrogens (tertiary/aromatic N) is 1.